The fourth-order valence-corrected chi connectivity index (χ4v) is 2.61. The first-order valence-electron chi connectivity index (χ1n) is 6.77. The number of rotatable bonds is 7. The Balaban J connectivity index is 2.70. The van der Waals surface area contributed by atoms with E-state index in [1.54, 1.807) is 12.1 Å². The lowest BCUT2D eigenvalue weighted by molar-refractivity contribution is 0.165. The van der Waals surface area contributed by atoms with Gasteiger partial charge in [0.15, 0.2) is 0 Å². The molecule has 0 heterocycles. The van der Waals surface area contributed by atoms with Gasteiger partial charge in [0.2, 0.25) is 0 Å². The van der Waals surface area contributed by atoms with Crippen LogP contribution in [0, 0.1) is 11.7 Å². The Morgan fingerprint density at radius 3 is 2.44 bits per heavy atom. The zero-order valence-corrected chi connectivity index (χ0v) is 11.7. The van der Waals surface area contributed by atoms with E-state index in [9.17, 15) is 4.39 Å². The Bertz CT molecular complexity index is 350. The summed E-state index contributed by atoms with van der Waals surface area (Å²) in [4.78, 5) is 2.24. The van der Waals surface area contributed by atoms with Gasteiger partial charge in [0.1, 0.15) is 5.82 Å². The average molecular weight is 252 g/mol. The zero-order valence-electron chi connectivity index (χ0n) is 11.7. The number of hydrogen-bond donors (Lipinski definition) is 1. The van der Waals surface area contributed by atoms with Crippen LogP contribution in [0.25, 0.3) is 0 Å². The van der Waals surface area contributed by atoms with Crippen LogP contribution in [0.2, 0.25) is 0 Å². The smallest absolute Gasteiger partial charge is 0.123 e. The van der Waals surface area contributed by atoms with Gasteiger partial charge < -0.3 is 5.73 Å². The van der Waals surface area contributed by atoms with Gasteiger partial charge in [0, 0.05) is 19.1 Å². The summed E-state index contributed by atoms with van der Waals surface area (Å²) in [7, 11) is 2.07. The van der Waals surface area contributed by atoms with Crippen molar-refractivity contribution in [2.24, 2.45) is 11.7 Å². The van der Waals surface area contributed by atoms with Crippen LogP contribution in [0.1, 0.15) is 32.3 Å². The van der Waals surface area contributed by atoms with E-state index >= 15 is 0 Å². The van der Waals surface area contributed by atoms with Crippen LogP contribution in [0.3, 0.4) is 0 Å². The monoisotopic (exact) mass is 252 g/mol. The molecule has 1 unspecified atom stereocenters. The van der Waals surface area contributed by atoms with Gasteiger partial charge >= 0.3 is 0 Å². The van der Waals surface area contributed by atoms with Crippen LogP contribution in [-0.4, -0.2) is 24.5 Å². The van der Waals surface area contributed by atoms with Gasteiger partial charge in [-0.05, 0) is 30.7 Å². The van der Waals surface area contributed by atoms with Gasteiger partial charge in [-0.25, -0.2) is 4.39 Å². The van der Waals surface area contributed by atoms with Gasteiger partial charge in [-0.1, -0.05) is 38.8 Å². The minimum Gasteiger partial charge on any atom is -0.329 e. The summed E-state index contributed by atoms with van der Waals surface area (Å²) in [5.74, 6) is 0.432. The fourth-order valence-electron chi connectivity index (χ4n) is 2.61. The van der Waals surface area contributed by atoms with Crippen LogP contribution in [0.15, 0.2) is 24.3 Å². The second kappa shape index (κ2) is 7.49. The Morgan fingerprint density at radius 1 is 1.28 bits per heavy atom. The summed E-state index contributed by atoms with van der Waals surface area (Å²) in [5, 5.41) is 0. The molecule has 1 rings (SSSR count). The maximum absolute atomic E-state index is 13.1. The highest BCUT2D eigenvalue weighted by Crippen LogP contribution is 2.19. The molecule has 102 valence electrons. The molecule has 0 amide bonds. The van der Waals surface area contributed by atoms with Crippen LogP contribution < -0.4 is 5.73 Å². The van der Waals surface area contributed by atoms with E-state index in [1.165, 1.54) is 6.07 Å². The van der Waals surface area contributed by atoms with E-state index in [-0.39, 0.29) is 5.82 Å². The van der Waals surface area contributed by atoms with Crippen molar-refractivity contribution in [2.45, 2.75) is 39.3 Å². The predicted molar refractivity (Wildman–Crippen MR) is 74.8 cm³/mol. The molecule has 0 fully saturated rings. The normalized spacial score (nSPS) is 13.3. The molecule has 0 saturated carbocycles. The van der Waals surface area contributed by atoms with Crippen molar-refractivity contribution < 1.29 is 4.39 Å². The second-order valence-corrected chi connectivity index (χ2v) is 4.92. The topological polar surface area (TPSA) is 29.3 Å². The maximum Gasteiger partial charge on any atom is 0.123 e. The molecular weight excluding hydrogens is 227 g/mol. The quantitative estimate of drug-likeness (QED) is 0.808. The van der Waals surface area contributed by atoms with Gasteiger partial charge in [0.25, 0.3) is 0 Å². The summed E-state index contributed by atoms with van der Waals surface area (Å²) >= 11 is 0. The molecule has 0 aliphatic rings. The molecule has 1 atom stereocenters. The van der Waals surface area contributed by atoms with Gasteiger partial charge in [-0.2, -0.15) is 0 Å². The molecule has 0 aliphatic heterocycles. The van der Waals surface area contributed by atoms with Crippen LogP contribution in [0.5, 0.6) is 0 Å². The van der Waals surface area contributed by atoms with Crippen molar-refractivity contribution in [3.63, 3.8) is 0 Å². The summed E-state index contributed by atoms with van der Waals surface area (Å²) in [5.41, 5.74) is 6.90. The first-order valence-corrected chi connectivity index (χ1v) is 6.77. The maximum atomic E-state index is 13.1. The van der Waals surface area contributed by atoms with Gasteiger partial charge in [0.05, 0.1) is 0 Å². The molecule has 0 spiro atoms. The highest BCUT2D eigenvalue weighted by atomic mass is 19.1. The van der Waals surface area contributed by atoms with E-state index in [2.05, 4.69) is 25.8 Å². The Morgan fingerprint density at radius 2 is 1.94 bits per heavy atom. The zero-order chi connectivity index (χ0) is 13.5. The lowest BCUT2D eigenvalue weighted by Gasteiger charge is -2.33. The van der Waals surface area contributed by atoms with Gasteiger partial charge in [-0.15, -0.1) is 0 Å². The highest BCUT2D eigenvalue weighted by Gasteiger charge is 2.21. The number of hydrogen-bond acceptors (Lipinski definition) is 2. The highest BCUT2D eigenvalue weighted by molar-refractivity contribution is 5.16. The SMILES string of the molecule is CCC(CC)C(CN)N(C)Cc1cccc(F)c1. The summed E-state index contributed by atoms with van der Waals surface area (Å²) < 4.78 is 13.1. The van der Waals surface area contributed by atoms with Crippen LogP contribution >= 0.6 is 0 Å². The molecule has 0 radical (unpaired) electrons. The number of likely N-dealkylation sites (N-methyl/N-ethyl adjacent to an activating group) is 1. The van der Waals surface area contributed by atoms with Crippen molar-refractivity contribution in [3.8, 4) is 0 Å². The van der Waals surface area contributed by atoms with Crippen molar-refractivity contribution in [1.82, 2.24) is 4.90 Å². The van der Waals surface area contributed by atoms with E-state index in [4.69, 9.17) is 5.73 Å². The molecule has 2 N–H and O–H groups in total. The van der Waals surface area contributed by atoms with E-state index in [1.807, 2.05) is 6.07 Å². The van der Waals surface area contributed by atoms with Crippen LogP contribution in [0.4, 0.5) is 4.39 Å². The summed E-state index contributed by atoms with van der Waals surface area (Å²) in [6.07, 6.45) is 2.26. The minimum atomic E-state index is -0.173. The molecular formula is C15H25FN2. The standard InChI is InChI=1S/C15H25FN2/c1-4-13(5-2)15(10-17)18(3)11-12-7-6-8-14(16)9-12/h6-9,13,15H,4-5,10-11,17H2,1-3H3. The first-order chi connectivity index (χ1) is 8.62. The fraction of sp³-hybridized carbons (Fsp3) is 0.600. The molecule has 1 aromatic rings. The van der Waals surface area contributed by atoms with Crippen molar-refractivity contribution in [1.29, 1.82) is 0 Å². The molecule has 0 aliphatic carbocycles. The molecule has 0 aromatic heterocycles. The van der Waals surface area contributed by atoms with Crippen LogP contribution in [-0.2, 0) is 6.54 Å². The lowest BCUT2D eigenvalue weighted by atomic mass is 9.93. The predicted octanol–water partition coefficient (Wildman–Crippen LogP) is 3.02. The lowest BCUT2D eigenvalue weighted by Crippen LogP contribution is -2.42. The number of nitrogens with two attached hydrogens (primary N) is 1. The molecule has 2 nitrogen and oxygen atoms in total. The third-order valence-corrected chi connectivity index (χ3v) is 3.72. The number of nitrogens with zero attached hydrogens (tertiary/aromatic N) is 1. The van der Waals surface area contributed by atoms with E-state index < -0.39 is 0 Å². The van der Waals surface area contributed by atoms with Crippen molar-refractivity contribution >= 4 is 0 Å². The Labute approximate surface area is 110 Å². The van der Waals surface area contributed by atoms with E-state index in [0.29, 0.717) is 18.5 Å². The molecule has 3 heteroatoms. The minimum absolute atomic E-state index is 0.173. The largest absolute Gasteiger partial charge is 0.329 e. The van der Waals surface area contributed by atoms with Crippen molar-refractivity contribution in [2.75, 3.05) is 13.6 Å². The second-order valence-electron chi connectivity index (χ2n) is 4.92. The summed E-state index contributed by atoms with van der Waals surface area (Å²) in [6, 6.07) is 7.15. The van der Waals surface area contributed by atoms with Gasteiger partial charge in [-0.3, -0.25) is 4.90 Å². The average Bonchev–Trinajstić information content (AvgIpc) is 2.35. The third kappa shape index (κ3) is 4.07. The van der Waals surface area contributed by atoms with Crippen molar-refractivity contribution in [3.05, 3.63) is 35.6 Å². The molecule has 0 saturated heterocycles. The molecule has 1 aromatic carbocycles. The number of halogens is 1. The Hall–Kier alpha value is -0.930. The third-order valence-electron chi connectivity index (χ3n) is 3.72. The summed E-state index contributed by atoms with van der Waals surface area (Å²) in [6.45, 7) is 5.80. The first kappa shape index (κ1) is 15.1. The Kier molecular flexibility index (Phi) is 6.30. The molecule has 0 bridgehead atoms. The number of benzene rings is 1. The molecule has 18 heavy (non-hydrogen) atoms. The van der Waals surface area contributed by atoms with E-state index in [0.717, 1.165) is 24.9 Å².